The van der Waals surface area contributed by atoms with E-state index >= 15 is 0 Å². The molecule has 0 amide bonds. The van der Waals surface area contributed by atoms with Gasteiger partial charge in [0.05, 0.1) is 0 Å². The van der Waals surface area contributed by atoms with Crippen LogP contribution in [0.4, 0.5) is 0 Å². The van der Waals surface area contributed by atoms with Crippen LogP contribution in [-0.4, -0.2) is 35.7 Å². The Bertz CT molecular complexity index is 5410. The number of aryl methyl sites for hydroxylation is 19. The minimum absolute atomic E-state index is 0.398. The van der Waals surface area contributed by atoms with Crippen LogP contribution in [0.1, 0.15) is 223 Å². The van der Waals surface area contributed by atoms with Crippen molar-refractivity contribution in [3.05, 3.63) is 348 Å². The van der Waals surface area contributed by atoms with E-state index < -0.39 is 0 Å². The van der Waals surface area contributed by atoms with E-state index in [1.807, 2.05) is 176 Å². The second-order valence-corrected chi connectivity index (χ2v) is 35.8. The number of benzene rings is 13. The molecule has 2 fully saturated rings. The summed E-state index contributed by atoms with van der Waals surface area (Å²) >= 11 is 0. The van der Waals surface area contributed by atoms with Gasteiger partial charge in [0.2, 0.25) is 0 Å². The molecule has 0 bridgehead atoms. The number of fused-ring (bicyclic) bond motifs is 1. The molecule has 0 aromatic heterocycles. The SMILES string of the molecule is CCCCc1cccc(-c2cc(C)c(O)c(C)c2)c1.CCCc1ccc(-c2cc(C)c(O)c(C)c2)cc1.CCCc1ccc(-c2cc(C)c(O)c(C)c2)cc1.CCCc1cccc(-c2cc(C)c(O)c(C)c2)c1.Cc1cc(-c2ccccc2)cc(C)c1O.Cc1cc(C2CC[C@@]3(C)[C@H](CC[C@@H]3C)C2)cc(C)c1O.Cc1ccc(-c2cc(C)c(O)c(C)c2)cc1. The highest BCUT2D eigenvalue weighted by Crippen LogP contribution is 2.58. The van der Waals surface area contributed by atoms with Gasteiger partial charge in [-0.05, 0) is 436 Å². The zero-order valence-corrected chi connectivity index (χ0v) is 78.3. The highest BCUT2D eigenvalue weighted by Gasteiger charge is 2.47. The van der Waals surface area contributed by atoms with E-state index in [2.05, 4.69) is 206 Å². The zero-order valence-electron chi connectivity index (χ0n) is 78.3. The Kier molecular flexibility index (Phi) is 35.1. The van der Waals surface area contributed by atoms with Crippen LogP contribution >= 0.6 is 0 Å². The summed E-state index contributed by atoms with van der Waals surface area (Å²) in [6.45, 7) is 43.2. The van der Waals surface area contributed by atoms with Crippen LogP contribution in [0.25, 0.3) is 66.8 Å². The fourth-order valence-corrected chi connectivity index (χ4v) is 17.7. The molecule has 13 aromatic carbocycles. The molecule has 2 aliphatic carbocycles. The molecule has 4 atom stereocenters. The zero-order chi connectivity index (χ0) is 90.2. The van der Waals surface area contributed by atoms with Crippen LogP contribution in [-0.2, 0) is 25.7 Å². The van der Waals surface area contributed by atoms with Gasteiger partial charge in [0, 0.05) is 0 Å². The minimum Gasteiger partial charge on any atom is -0.507 e. The first-order valence-electron chi connectivity index (χ1n) is 45.2. The van der Waals surface area contributed by atoms with Crippen LogP contribution in [0.2, 0.25) is 0 Å². The lowest BCUT2D eigenvalue weighted by Crippen LogP contribution is -2.33. The normalized spacial score (nSPS) is 14.8. The molecule has 7 nitrogen and oxygen atoms in total. The van der Waals surface area contributed by atoms with E-state index in [0.717, 1.165) is 133 Å². The van der Waals surface area contributed by atoms with Crippen LogP contribution in [0.5, 0.6) is 40.2 Å². The smallest absolute Gasteiger partial charge is 0.121 e. The second-order valence-electron chi connectivity index (χ2n) is 35.8. The van der Waals surface area contributed by atoms with Gasteiger partial charge in [0.25, 0.3) is 0 Å². The summed E-state index contributed by atoms with van der Waals surface area (Å²) in [5, 5.41) is 68.6. The highest BCUT2D eigenvalue weighted by molar-refractivity contribution is 5.73. The summed E-state index contributed by atoms with van der Waals surface area (Å²) in [6, 6.07) is 82.3. The summed E-state index contributed by atoms with van der Waals surface area (Å²) in [6.07, 6.45) is 17.4. The van der Waals surface area contributed by atoms with E-state index in [0.29, 0.717) is 51.6 Å². The Labute approximate surface area is 744 Å². The number of unbranched alkanes of at least 4 members (excludes halogenated alkanes) is 1. The summed E-state index contributed by atoms with van der Waals surface area (Å²) < 4.78 is 0. The van der Waals surface area contributed by atoms with Crippen molar-refractivity contribution in [3.8, 4) is 107 Å². The predicted octanol–water partition coefficient (Wildman–Crippen LogP) is 31.9. The maximum atomic E-state index is 9.96. The fraction of sp³-hybridized carbons (Fsp3) is 0.333. The van der Waals surface area contributed by atoms with Crippen molar-refractivity contribution >= 4 is 0 Å². The van der Waals surface area contributed by atoms with Gasteiger partial charge >= 0.3 is 0 Å². The topological polar surface area (TPSA) is 142 Å². The molecule has 1 unspecified atom stereocenters. The number of rotatable bonds is 16. The van der Waals surface area contributed by atoms with Crippen molar-refractivity contribution in [1.29, 1.82) is 0 Å². The second kappa shape index (κ2) is 45.2. The Morgan fingerprint density at radius 3 is 0.847 bits per heavy atom. The molecular weight excluding hydrogens is 1520 g/mol. The molecule has 0 heterocycles. The Morgan fingerprint density at radius 1 is 0.258 bits per heavy atom. The third-order valence-electron chi connectivity index (χ3n) is 25.6. The van der Waals surface area contributed by atoms with Gasteiger partial charge in [0.1, 0.15) is 40.2 Å². The molecular formula is C117H140O7. The first kappa shape index (κ1) is 96.3. The first-order chi connectivity index (χ1) is 59.1. The average Bonchev–Trinajstić information content (AvgIpc) is 1.66. The monoisotopic (exact) mass is 1660 g/mol. The Hall–Kier alpha value is -11.5. The van der Waals surface area contributed by atoms with Crippen molar-refractivity contribution in [3.63, 3.8) is 0 Å². The van der Waals surface area contributed by atoms with Crippen LogP contribution < -0.4 is 0 Å². The number of phenols is 7. The lowest BCUT2D eigenvalue weighted by atomic mass is 9.62. The average molecular weight is 1660 g/mol. The molecule has 7 N–H and O–H groups in total. The third kappa shape index (κ3) is 25.8. The highest BCUT2D eigenvalue weighted by atomic mass is 16.3. The van der Waals surface area contributed by atoms with Gasteiger partial charge < -0.3 is 35.7 Å². The number of hydrogen-bond donors (Lipinski definition) is 7. The molecule has 7 heteroatoms. The van der Waals surface area contributed by atoms with Gasteiger partial charge in [-0.15, -0.1) is 0 Å². The lowest BCUT2D eigenvalue weighted by Gasteiger charge is -2.43. The van der Waals surface area contributed by atoms with Crippen LogP contribution in [0.3, 0.4) is 0 Å². The molecule has 0 radical (unpaired) electrons. The summed E-state index contributed by atoms with van der Waals surface area (Å²) in [5.74, 6) is 5.41. The molecule has 13 aromatic rings. The van der Waals surface area contributed by atoms with E-state index in [-0.39, 0.29) is 0 Å². The van der Waals surface area contributed by atoms with Crippen molar-refractivity contribution in [2.75, 3.05) is 0 Å². The summed E-state index contributed by atoms with van der Waals surface area (Å²) in [4.78, 5) is 0. The molecule has 0 spiro atoms. The van der Waals surface area contributed by atoms with Crippen molar-refractivity contribution in [1.82, 2.24) is 0 Å². The quantitative estimate of drug-likeness (QED) is 0.0511. The maximum absolute atomic E-state index is 9.96. The van der Waals surface area contributed by atoms with Gasteiger partial charge in [-0.25, -0.2) is 0 Å². The number of aromatic hydroxyl groups is 7. The predicted molar refractivity (Wildman–Crippen MR) is 528 cm³/mol. The Balaban J connectivity index is 0.000000164. The molecule has 0 aliphatic heterocycles. The molecule has 650 valence electrons. The van der Waals surface area contributed by atoms with Crippen molar-refractivity contribution < 1.29 is 35.7 Å². The summed E-state index contributed by atoms with van der Waals surface area (Å²) in [5.41, 5.74) is 36.4. The van der Waals surface area contributed by atoms with Gasteiger partial charge in [-0.1, -0.05) is 237 Å². The van der Waals surface area contributed by atoms with E-state index in [1.165, 1.54) is 147 Å². The van der Waals surface area contributed by atoms with Crippen LogP contribution in [0.15, 0.2) is 237 Å². The van der Waals surface area contributed by atoms with Gasteiger partial charge in [-0.2, -0.15) is 0 Å². The largest absolute Gasteiger partial charge is 0.507 e. The minimum atomic E-state index is 0.398. The molecule has 124 heavy (non-hydrogen) atoms. The number of hydrogen-bond acceptors (Lipinski definition) is 7. The fourth-order valence-electron chi connectivity index (χ4n) is 17.7. The molecule has 2 aliphatic rings. The van der Waals surface area contributed by atoms with Crippen molar-refractivity contribution in [2.24, 2.45) is 17.3 Å². The van der Waals surface area contributed by atoms with E-state index in [4.69, 9.17) is 0 Å². The third-order valence-corrected chi connectivity index (χ3v) is 25.6. The van der Waals surface area contributed by atoms with Crippen LogP contribution in [0, 0.1) is 121 Å². The van der Waals surface area contributed by atoms with E-state index in [9.17, 15) is 35.7 Å². The molecule has 0 saturated heterocycles. The number of phenolic OH excluding ortho intramolecular Hbond substituents is 7. The Morgan fingerprint density at radius 2 is 0.532 bits per heavy atom. The molecule has 15 rings (SSSR count). The van der Waals surface area contributed by atoms with Gasteiger partial charge in [-0.3, -0.25) is 0 Å². The first-order valence-corrected chi connectivity index (χ1v) is 45.2. The van der Waals surface area contributed by atoms with Gasteiger partial charge in [0.15, 0.2) is 0 Å². The standard InChI is InChI=1S/C19H28O.C18H22O.3C17H20O.C15H16O.C14H14O/c1-12-9-16(10-13(2)18(12)20)15-7-8-19(4)14(3)5-6-17(19)11-15;1-4-5-7-15-8-6-9-16(12-15)17-10-13(2)18(19)14(3)11-17;1-4-6-14-7-5-8-15(11-14)16-9-12(2)17(18)13(3)10-16;2*1-4-5-14-6-8-15(9-7-14)16-10-12(2)17(18)13(3)11-16;1-10-4-6-13(7-5-10)14-8-11(2)15(16)12(3)9-14;1-10-8-13(9-11(2)14(10)15)12-6-4-3-5-7-12/h9-10,14-15,17,20H,5-8,11H2,1-4H3;6,8-12,19H,4-5,7H2,1-3H3;5,7-11,18H,4,6H2,1-3H3;2*6-11,18H,4-5H2,1-3H3;4-9,16H,1-3H3;3-9,15H,1-2H3/t14-,15?,17+,19+;;;;;;/m0....../s1. The molecule has 2 saturated carbocycles. The maximum Gasteiger partial charge on any atom is 0.121 e. The van der Waals surface area contributed by atoms with Crippen molar-refractivity contribution in [2.45, 2.75) is 241 Å². The van der Waals surface area contributed by atoms with E-state index in [1.54, 1.807) is 0 Å². The summed E-state index contributed by atoms with van der Waals surface area (Å²) in [7, 11) is 0. The lowest BCUT2D eigenvalue weighted by molar-refractivity contribution is 0.0963.